The Hall–Kier alpha value is 2.16. The zero-order chi connectivity index (χ0) is 20.4. The van der Waals surface area contributed by atoms with E-state index in [2.05, 4.69) is 78.6 Å². The quantitative estimate of drug-likeness (QED) is 0.264. The summed E-state index contributed by atoms with van der Waals surface area (Å²) in [5, 5.41) is 0. The fraction of sp³-hybridized carbons (Fsp3) is 1.00. The third kappa shape index (κ3) is 4.73. The predicted molar refractivity (Wildman–Crippen MR) is 148 cm³/mol. The third-order valence-corrected chi connectivity index (χ3v) is 116. The van der Waals surface area contributed by atoms with Gasteiger partial charge in [-0.1, -0.05) is 115 Å². The van der Waals surface area contributed by atoms with Crippen molar-refractivity contribution in [3.63, 3.8) is 0 Å². The third-order valence-electron chi connectivity index (χ3n) is 7.68. The summed E-state index contributed by atoms with van der Waals surface area (Å²) in [4.78, 5) is 0. The second kappa shape index (κ2) is 7.39. The van der Waals surface area contributed by atoms with Crippen LogP contribution in [0.3, 0.4) is 0 Å². The number of hydrogen-bond donors (Lipinski definition) is 0. The Morgan fingerprint density at radius 2 is 0.692 bits per heavy atom. The minimum atomic E-state index is -1.03. The maximum Gasteiger partial charge on any atom is 0.0668 e. The summed E-state index contributed by atoms with van der Waals surface area (Å²) in [7, 11) is -5.65. The van der Waals surface area contributed by atoms with Gasteiger partial charge in [-0.2, -0.15) is 0 Å². The molecular formula is C18H48P2Si6. The van der Waals surface area contributed by atoms with Crippen LogP contribution in [0.25, 0.3) is 0 Å². The Bertz CT molecular complexity index is 462. The summed E-state index contributed by atoms with van der Waals surface area (Å²) in [6, 6.07) is 10.2. The average molecular weight is 495 g/mol. The predicted octanol–water partition coefficient (Wildman–Crippen LogP) is 9.21. The van der Waals surface area contributed by atoms with Gasteiger partial charge in [-0.3, -0.25) is 0 Å². The largest absolute Gasteiger partial charge is 0.139 e. The minimum Gasteiger partial charge on any atom is -0.139 e. The van der Waals surface area contributed by atoms with Crippen LogP contribution in [0.1, 0.15) is 0 Å². The van der Waals surface area contributed by atoms with Crippen molar-refractivity contribution >= 4 is 59.6 Å². The lowest BCUT2D eigenvalue weighted by atomic mass is 10.9. The molecule has 0 aromatic rings. The first kappa shape index (κ1) is 24.4. The summed E-state index contributed by atoms with van der Waals surface area (Å²) < 4.78 is 0. The topological polar surface area (TPSA) is 0 Å². The highest BCUT2D eigenvalue weighted by molar-refractivity contribution is 8.39. The number of hydrogen-bond acceptors (Lipinski definition) is 0. The average Bonchev–Trinajstić information content (AvgIpc) is 2.76. The molecule has 0 bridgehead atoms. The molecule has 0 amide bonds. The van der Waals surface area contributed by atoms with E-state index < -0.39 is 46.4 Å². The lowest BCUT2D eigenvalue weighted by Crippen LogP contribution is -2.45. The van der Waals surface area contributed by atoms with Gasteiger partial charge in [-0.25, -0.2) is 0 Å². The van der Waals surface area contributed by atoms with Gasteiger partial charge in [0.15, 0.2) is 0 Å². The first-order valence-corrected chi connectivity index (χ1v) is 37.9. The fourth-order valence-electron chi connectivity index (χ4n) is 7.42. The molecule has 0 unspecified atom stereocenters. The zero-order valence-corrected chi connectivity index (χ0v) is 27.9. The van der Waals surface area contributed by atoms with Crippen LogP contribution in [0.2, 0.25) is 115 Å². The highest BCUT2D eigenvalue weighted by Crippen LogP contribution is 2.73. The molecule has 2 aliphatic rings. The van der Waals surface area contributed by atoms with Gasteiger partial charge in [0.05, 0.1) is 46.4 Å². The van der Waals surface area contributed by atoms with Crippen molar-refractivity contribution in [3.05, 3.63) is 0 Å². The van der Waals surface area contributed by atoms with E-state index in [1.54, 1.807) is 36.3 Å². The standard InChI is InChI=1S/C18H48P2Si6/c1-21(2)13-14-22(3,4)19(21)25(9,10)17-18-26(11,12)20-23(5,6)15-16-24(20,7)8/h13-18H2,1-12H3. The highest BCUT2D eigenvalue weighted by atomic mass is 31.8. The lowest BCUT2D eigenvalue weighted by molar-refractivity contribution is 1.33. The van der Waals surface area contributed by atoms with E-state index >= 15 is 0 Å². The molecule has 0 nitrogen and oxygen atoms in total. The van der Waals surface area contributed by atoms with E-state index in [9.17, 15) is 0 Å². The van der Waals surface area contributed by atoms with E-state index in [0.717, 1.165) is 0 Å². The van der Waals surface area contributed by atoms with Crippen molar-refractivity contribution in [1.82, 2.24) is 0 Å². The molecule has 2 rings (SSSR count). The van der Waals surface area contributed by atoms with E-state index in [4.69, 9.17) is 0 Å². The van der Waals surface area contributed by atoms with Crippen LogP contribution in [-0.2, 0) is 0 Å². The monoisotopic (exact) mass is 494 g/mol. The molecule has 2 saturated heterocycles. The van der Waals surface area contributed by atoms with Crippen molar-refractivity contribution in [2.75, 3.05) is 0 Å². The van der Waals surface area contributed by atoms with Crippen LogP contribution in [0.5, 0.6) is 0 Å². The Morgan fingerprint density at radius 3 is 0.885 bits per heavy atom. The van der Waals surface area contributed by atoms with Crippen LogP contribution < -0.4 is 0 Å². The molecule has 0 aromatic heterocycles. The lowest BCUT2D eigenvalue weighted by Gasteiger charge is -2.49. The van der Waals surface area contributed by atoms with Gasteiger partial charge in [0.25, 0.3) is 0 Å². The maximum absolute atomic E-state index is 2.87. The molecule has 0 N–H and O–H groups in total. The molecule has 0 aliphatic carbocycles. The van der Waals surface area contributed by atoms with Crippen LogP contribution in [0.4, 0.5) is 0 Å². The fourth-order valence-corrected chi connectivity index (χ4v) is 173. The summed E-state index contributed by atoms with van der Waals surface area (Å²) >= 11 is 0. The van der Waals surface area contributed by atoms with Crippen molar-refractivity contribution in [3.8, 4) is 0 Å². The van der Waals surface area contributed by atoms with Crippen molar-refractivity contribution in [2.45, 2.75) is 115 Å². The molecule has 0 atom stereocenters. The van der Waals surface area contributed by atoms with Crippen molar-refractivity contribution < 1.29 is 0 Å². The molecule has 0 radical (unpaired) electrons. The molecule has 154 valence electrons. The van der Waals surface area contributed by atoms with Crippen LogP contribution in [-0.4, -0.2) is 46.4 Å². The van der Waals surface area contributed by atoms with Gasteiger partial charge in [0.2, 0.25) is 0 Å². The molecule has 0 spiro atoms. The van der Waals surface area contributed by atoms with E-state index in [0.29, 0.717) is 13.1 Å². The molecule has 8 heteroatoms. The van der Waals surface area contributed by atoms with Crippen molar-refractivity contribution in [2.24, 2.45) is 0 Å². The Kier molecular flexibility index (Phi) is 6.94. The van der Waals surface area contributed by atoms with Gasteiger partial charge >= 0.3 is 0 Å². The Morgan fingerprint density at radius 1 is 0.500 bits per heavy atom. The van der Waals surface area contributed by atoms with Gasteiger partial charge in [-0.15, -0.1) is 13.1 Å². The normalized spacial score (nSPS) is 28.6. The Balaban J connectivity index is 2.20. The summed E-state index contributed by atoms with van der Waals surface area (Å²) in [6.45, 7) is 34.8. The molecule has 2 fully saturated rings. The van der Waals surface area contributed by atoms with Gasteiger partial charge < -0.3 is 0 Å². The van der Waals surface area contributed by atoms with E-state index in [1.165, 1.54) is 0 Å². The Labute approximate surface area is 173 Å². The molecule has 2 aliphatic heterocycles. The zero-order valence-electron chi connectivity index (χ0n) is 20.1. The van der Waals surface area contributed by atoms with E-state index in [-0.39, 0.29) is 0 Å². The highest BCUT2D eigenvalue weighted by Gasteiger charge is 2.58. The van der Waals surface area contributed by atoms with Gasteiger partial charge in [0.1, 0.15) is 0 Å². The van der Waals surface area contributed by atoms with Crippen LogP contribution in [0.15, 0.2) is 0 Å². The molecule has 0 saturated carbocycles. The van der Waals surface area contributed by atoms with Crippen molar-refractivity contribution in [1.29, 1.82) is 0 Å². The first-order valence-electron chi connectivity index (χ1n) is 11.0. The second-order valence-corrected chi connectivity index (χ2v) is 77.0. The molecule has 0 aromatic carbocycles. The van der Waals surface area contributed by atoms with E-state index in [1.807, 2.05) is 0 Å². The smallest absolute Gasteiger partial charge is 0.0668 e. The second-order valence-electron chi connectivity index (χ2n) is 13.0. The van der Waals surface area contributed by atoms with Gasteiger partial charge in [0, 0.05) is 0 Å². The number of rotatable bonds is 5. The van der Waals surface area contributed by atoms with Crippen LogP contribution in [0, 0.1) is 0 Å². The summed E-state index contributed by atoms with van der Waals surface area (Å²) in [5.41, 5.74) is 0. The van der Waals surface area contributed by atoms with Crippen LogP contribution >= 0.6 is 13.1 Å². The first-order chi connectivity index (χ1) is 11.4. The van der Waals surface area contributed by atoms with Gasteiger partial charge in [-0.05, 0) is 0 Å². The summed E-state index contributed by atoms with van der Waals surface area (Å²) in [6.07, 6.45) is 0. The minimum absolute atomic E-state index is 0.481. The molecule has 2 heterocycles. The maximum atomic E-state index is 2.87. The molecule has 26 heavy (non-hydrogen) atoms. The molecular weight excluding hydrogens is 447 g/mol. The SMILES string of the molecule is C[Si]1(C)CC[Si](C)(C)P1[Si](C)(C)CC[Si](C)(C)P1[Si](C)(C)CC[Si]1(C)C. The summed E-state index contributed by atoms with van der Waals surface area (Å²) in [5.74, 6) is 0.